The number of benzene rings is 3. The molecule has 5 heteroatoms. The van der Waals surface area contributed by atoms with E-state index in [0.29, 0.717) is 6.04 Å². The maximum Gasteiger partial charge on any atom is 0.142 e. The van der Waals surface area contributed by atoms with Crippen LogP contribution in [0.2, 0.25) is 0 Å². The van der Waals surface area contributed by atoms with Gasteiger partial charge in [-0.15, -0.1) is 0 Å². The van der Waals surface area contributed by atoms with Crippen molar-refractivity contribution in [2.45, 2.75) is 45.1 Å². The molecule has 1 saturated heterocycles. The second-order valence-corrected chi connectivity index (χ2v) is 11.2. The van der Waals surface area contributed by atoms with Crippen LogP contribution < -0.4 is 14.4 Å². The Morgan fingerprint density at radius 3 is 2.44 bits per heavy atom. The second-order valence-electron chi connectivity index (χ2n) is 11.2. The van der Waals surface area contributed by atoms with Gasteiger partial charge in [0.25, 0.3) is 0 Å². The summed E-state index contributed by atoms with van der Waals surface area (Å²) < 4.78 is 12.1. The smallest absolute Gasteiger partial charge is 0.142 e. The van der Waals surface area contributed by atoms with Gasteiger partial charge in [-0.25, -0.2) is 0 Å². The summed E-state index contributed by atoms with van der Waals surface area (Å²) in [6.07, 6.45) is 5.71. The van der Waals surface area contributed by atoms with Crippen LogP contribution in [0.15, 0.2) is 60.7 Å². The lowest BCUT2D eigenvalue weighted by Crippen LogP contribution is -2.46. The number of hydrogen-bond donors (Lipinski definition) is 0. The van der Waals surface area contributed by atoms with Crippen molar-refractivity contribution in [3.05, 3.63) is 77.4 Å². The number of hydrogen-bond acceptors (Lipinski definition) is 5. The van der Waals surface area contributed by atoms with E-state index in [4.69, 9.17) is 9.47 Å². The molecule has 0 aromatic heterocycles. The van der Waals surface area contributed by atoms with Crippen LogP contribution in [0, 0.1) is 0 Å². The van der Waals surface area contributed by atoms with Gasteiger partial charge in [0.05, 0.1) is 19.4 Å². The first-order chi connectivity index (χ1) is 19.3. The van der Waals surface area contributed by atoms with Gasteiger partial charge in [-0.1, -0.05) is 49.4 Å². The number of nitrogens with zero attached hydrogens (tertiary/aromatic N) is 3. The third-order valence-corrected chi connectivity index (χ3v) is 8.87. The van der Waals surface area contributed by atoms with Crippen molar-refractivity contribution in [1.82, 2.24) is 9.80 Å². The van der Waals surface area contributed by atoms with Gasteiger partial charge in [-0.3, -0.25) is 9.80 Å². The Morgan fingerprint density at radius 2 is 1.59 bits per heavy atom. The summed E-state index contributed by atoms with van der Waals surface area (Å²) in [4.78, 5) is 7.75. The molecule has 0 spiro atoms. The molecule has 5 nitrogen and oxygen atoms in total. The standard InChI is InChI=1S/C34H43N3O2/c1-3-17-36-19-16-26-10-8-12-28-33(26)30(36)25-27-11-9-15-32(34(27)28)39-24-7-6-18-35-20-22-37(23-21-35)29-13-4-5-14-31(29)38-2/h4-5,8-15,30H,3,6-7,16-25H2,1-2H3/t30-/m1/s1. The molecule has 0 saturated carbocycles. The summed E-state index contributed by atoms with van der Waals surface area (Å²) in [5, 5.41) is 0. The van der Waals surface area contributed by atoms with E-state index in [9.17, 15) is 0 Å². The van der Waals surface area contributed by atoms with Crippen LogP contribution >= 0.6 is 0 Å². The van der Waals surface area contributed by atoms with Gasteiger partial charge in [0.1, 0.15) is 11.5 Å². The maximum atomic E-state index is 6.50. The Morgan fingerprint density at radius 1 is 0.795 bits per heavy atom. The van der Waals surface area contributed by atoms with E-state index in [-0.39, 0.29) is 0 Å². The van der Waals surface area contributed by atoms with Gasteiger partial charge >= 0.3 is 0 Å². The summed E-state index contributed by atoms with van der Waals surface area (Å²) in [6.45, 7) is 10.9. The normalized spacial score (nSPS) is 18.9. The number of piperazine rings is 1. The van der Waals surface area contributed by atoms with Crippen molar-refractivity contribution in [3.63, 3.8) is 0 Å². The predicted octanol–water partition coefficient (Wildman–Crippen LogP) is 6.21. The fourth-order valence-corrected chi connectivity index (χ4v) is 6.93. The molecule has 0 unspecified atom stereocenters. The quantitative estimate of drug-likeness (QED) is 0.294. The van der Waals surface area contributed by atoms with Crippen molar-refractivity contribution >= 4 is 5.69 Å². The molecule has 2 aliphatic heterocycles. The molecule has 0 radical (unpaired) electrons. The average Bonchev–Trinajstić information content (AvgIpc) is 2.98. The zero-order chi connectivity index (χ0) is 26.6. The lowest BCUT2D eigenvalue weighted by molar-refractivity contribution is 0.182. The molecule has 3 aromatic carbocycles. The van der Waals surface area contributed by atoms with Crippen LogP contribution in [0.4, 0.5) is 5.69 Å². The Labute approximate surface area is 234 Å². The van der Waals surface area contributed by atoms with E-state index in [1.165, 1.54) is 53.9 Å². The van der Waals surface area contributed by atoms with Crippen LogP contribution in [0.1, 0.15) is 48.9 Å². The lowest BCUT2D eigenvalue weighted by Gasteiger charge is -2.42. The number of rotatable bonds is 10. The Bertz CT molecular complexity index is 1270. The highest BCUT2D eigenvalue weighted by molar-refractivity contribution is 5.80. The minimum absolute atomic E-state index is 0.510. The molecule has 206 valence electrons. The third kappa shape index (κ3) is 5.39. The van der Waals surface area contributed by atoms with E-state index in [1.54, 1.807) is 12.7 Å². The largest absolute Gasteiger partial charge is 0.495 e. The topological polar surface area (TPSA) is 28.2 Å². The maximum absolute atomic E-state index is 6.50. The Hall–Kier alpha value is -3.02. The van der Waals surface area contributed by atoms with Crippen LogP contribution in [0.25, 0.3) is 11.1 Å². The Kier molecular flexibility index (Phi) is 8.08. The number of fused-ring (bicyclic) bond motifs is 2. The minimum atomic E-state index is 0.510. The molecule has 0 bridgehead atoms. The number of unbranched alkanes of at least 4 members (excludes halogenated alkanes) is 1. The molecule has 2 heterocycles. The molecule has 3 aliphatic rings. The van der Waals surface area contributed by atoms with E-state index >= 15 is 0 Å². The van der Waals surface area contributed by atoms with E-state index in [1.807, 2.05) is 6.07 Å². The number of methoxy groups -OCH3 is 1. The van der Waals surface area contributed by atoms with E-state index in [0.717, 1.165) is 70.1 Å². The van der Waals surface area contributed by atoms with Gasteiger partial charge in [-0.2, -0.15) is 0 Å². The SMILES string of the molecule is CCCN1CCc2cccc3c2[C@H]1Cc1cccc(OCCCCN2CCN(c4ccccc4OC)CC2)c1-3. The van der Waals surface area contributed by atoms with Crippen LogP contribution in [-0.2, 0) is 12.8 Å². The van der Waals surface area contributed by atoms with Gasteiger partial charge < -0.3 is 14.4 Å². The highest BCUT2D eigenvalue weighted by atomic mass is 16.5. The molecular weight excluding hydrogens is 482 g/mol. The van der Waals surface area contributed by atoms with Crippen LogP contribution in [0.3, 0.4) is 0 Å². The summed E-state index contributed by atoms with van der Waals surface area (Å²) in [7, 11) is 1.76. The molecule has 3 aromatic rings. The predicted molar refractivity (Wildman–Crippen MR) is 160 cm³/mol. The zero-order valence-electron chi connectivity index (χ0n) is 23.7. The number of anilines is 1. The molecule has 1 aliphatic carbocycles. The molecule has 6 rings (SSSR count). The average molecular weight is 526 g/mol. The molecule has 0 N–H and O–H groups in total. The van der Waals surface area contributed by atoms with Crippen molar-refractivity contribution in [2.75, 3.05) is 64.4 Å². The molecule has 1 atom stereocenters. The second kappa shape index (κ2) is 12.0. The van der Waals surface area contributed by atoms with Crippen molar-refractivity contribution in [2.24, 2.45) is 0 Å². The van der Waals surface area contributed by atoms with Gasteiger partial charge in [0, 0.05) is 44.3 Å². The first-order valence-electron chi connectivity index (χ1n) is 15.0. The monoisotopic (exact) mass is 525 g/mol. The van der Waals surface area contributed by atoms with Crippen molar-refractivity contribution < 1.29 is 9.47 Å². The number of para-hydroxylation sites is 2. The van der Waals surface area contributed by atoms with Gasteiger partial charge in [0.2, 0.25) is 0 Å². The van der Waals surface area contributed by atoms with Gasteiger partial charge in [-0.05, 0) is 85.6 Å². The van der Waals surface area contributed by atoms with E-state index in [2.05, 4.69) is 76.2 Å². The lowest BCUT2D eigenvalue weighted by atomic mass is 9.77. The van der Waals surface area contributed by atoms with E-state index < -0.39 is 0 Å². The highest BCUT2D eigenvalue weighted by Gasteiger charge is 2.34. The fraction of sp³-hybridized carbons (Fsp3) is 0.471. The molecule has 39 heavy (non-hydrogen) atoms. The van der Waals surface area contributed by atoms with Gasteiger partial charge in [0.15, 0.2) is 0 Å². The highest BCUT2D eigenvalue weighted by Crippen LogP contribution is 2.48. The third-order valence-electron chi connectivity index (χ3n) is 8.87. The van der Waals surface area contributed by atoms with Crippen LogP contribution in [-0.4, -0.2) is 69.3 Å². The zero-order valence-corrected chi connectivity index (χ0v) is 23.7. The number of ether oxygens (including phenoxy) is 2. The summed E-state index contributed by atoms with van der Waals surface area (Å²) in [6, 6.07) is 22.5. The minimum Gasteiger partial charge on any atom is -0.495 e. The van der Waals surface area contributed by atoms with Crippen molar-refractivity contribution in [3.8, 4) is 22.6 Å². The Balaban J connectivity index is 1.04. The first-order valence-corrected chi connectivity index (χ1v) is 15.0. The molecule has 0 amide bonds. The first kappa shape index (κ1) is 26.2. The summed E-state index contributed by atoms with van der Waals surface area (Å²) in [5.74, 6) is 2.04. The molecule has 1 fully saturated rings. The molecular formula is C34H43N3O2. The van der Waals surface area contributed by atoms with Crippen LogP contribution in [0.5, 0.6) is 11.5 Å². The summed E-state index contributed by atoms with van der Waals surface area (Å²) >= 11 is 0. The fourth-order valence-electron chi connectivity index (χ4n) is 6.93. The summed E-state index contributed by atoms with van der Waals surface area (Å²) in [5.41, 5.74) is 8.50. The van der Waals surface area contributed by atoms with Crippen molar-refractivity contribution in [1.29, 1.82) is 0 Å².